The van der Waals surface area contributed by atoms with Gasteiger partial charge in [0.05, 0.1) is 5.69 Å². The first-order valence-corrected chi connectivity index (χ1v) is 6.62. The number of nitrogens with zero attached hydrogens (tertiary/aromatic N) is 2. The lowest BCUT2D eigenvalue weighted by atomic mass is 10.2. The highest BCUT2D eigenvalue weighted by Crippen LogP contribution is 2.21. The molecule has 22 heavy (non-hydrogen) atoms. The van der Waals surface area contributed by atoms with Crippen LogP contribution in [0.25, 0.3) is 0 Å². The summed E-state index contributed by atoms with van der Waals surface area (Å²) in [4.78, 5) is 23.4. The van der Waals surface area contributed by atoms with Crippen LogP contribution in [0.2, 0.25) is 0 Å². The minimum Gasteiger partial charge on any atom is -0.444 e. The van der Waals surface area contributed by atoms with E-state index in [0.29, 0.717) is 5.69 Å². The van der Waals surface area contributed by atoms with E-state index < -0.39 is 17.3 Å². The zero-order chi connectivity index (χ0) is 16.2. The largest absolute Gasteiger partial charge is 0.444 e. The van der Waals surface area contributed by atoms with Crippen LogP contribution in [0.4, 0.5) is 22.0 Å². The van der Waals surface area contributed by atoms with Crippen LogP contribution in [-0.2, 0) is 4.74 Å². The lowest BCUT2D eigenvalue weighted by molar-refractivity contribution is 0.0635. The van der Waals surface area contributed by atoms with Gasteiger partial charge in [-0.2, -0.15) is 5.11 Å². The number of azo groups is 1. The topological polar surface area (TPSA) is 112 Å². The van der Waals surface area contributed by atoms with E-state index in [1.165, 1.54) is 0 Å². The highest BCUT2D eigenvalue weighted by molar-refractivity contribution is 5.86. The second-order valence-electron chi connectivity index (χ2n) is 5.47. The predicted molar refractivity (Wildman–Crippen MR) is 81.9 cm³/mol. The zero-order valence-electron chi connectivity index (χ0n) is 12.5. The van der Waals surface area contributed by atoms with E-state index in [0.717, 1.165) is 0 Å². The van der Waals surface area contributed by atoms with Crippen molar-refractivity contribution in [2.24, 2.45) is 10.2 Å². The Morgan fingerprint density at radius 2 is 1.82 bits per heavy atom. The first-order valence-electron chi connectivity index (χ1n) is 6.62. The van der Waals surface area contributed by atoms with E-state index >= 15 is 0 Å². The number of nitrogens with one attached hydrogen (secondary N) is 3. The fourth-order valence-electron chi connectivity index (χ4n) is 1.55. The van der Waals surface area contributed by atoms with E-state index in [-0.39, 0.29) is 11.5 Å². The smallest absolute Gasteiger partial charge is 0.413 e. The van der Waals surface area contributed by atoms with Crippen molar-refractivity contribution in [2.45, 2.75) is 26.4 Å². The van der Waals surface area contributed by atoms with E-state index in [1.807, 2.05) is 6.07 Å². The minimum atomic E-state index is -0.695. The Hall–Kier alpha value is -2.90. The summed E-state index contributed by atoms with van der Waals surface area (Å²) >= 11 is 0. The summed E-state index contributed by atoms with van der Waals surface area (Å²) in [6.07, 6.45) is -0.695. The van der Waals surface area contributed by atoms with Crippen LogP contribution in [0.3, 0.4) is 0 Å². The molecule has 2 rings (SSSR count). The second kappa shape index (κ2) is 6.25. The van der Waals surface area contributed by atoms with Gasteiger partial charge in [0.25, 0.3) is 5.56 Å². The van der Waals surface area contributed by atoms with Crippen molar-refractivity contribution < 1.29 is 9.53 Å². The third-order valence-corrected chi connectivity index (χ3v) is 2.40. The third kappa shape index (κ3) is 4.30. The Morgan fingerprint density at radius 1 is 1.14 bits per heavy atom. The molecule has 1 amide bonds. The average Bonchev–Trinajstić information content (AvgIpc) is 2.76. The number of carbonyl (C=O) groups excluding carboxylic acids is 1. The van der Waals surface area contributed by atoms with E-state index in [9.17, 15) is 9.59 Å². The highest BCUT2D eigenvalue weighted by atomic mass is 16.6. The zero-order valence-corrected chi connectivity index (χ0v) is 12.5. The molecular formula is C14H17N5O3. The van der Waals surface area contributed by atoms with Crippen molar-refractivity contribution in [3.05, 3.63) is 40.7 Å². The van der Waals surface area contributed by atoms with Gasteiger partial charge >= 0.3 is 6.09 Å². The number of aromatic amines is 2. The van der Waals surface area contributed by atoms with Gasteiger partial charge in [0, 0.05) is 0 Å². The van der Waals surface area contributed by atoms with Gasteiger partial charge < -0.3 is 4.74 Å². The van der Waals surface area contributed by atoms with E-state index in [1.54, 1.807) is 45.0 Å². The molecule has 3 N–H and O–H groups in total. The van der Waals surface area contributed by atoms with Gasteiger partial charge in [-0.25, -0.2) is 4.79 Å². The van der Waals surface area contributed by atoms with Crippen molar-refractivity contribution in [1.82, 2.24) is 10.2 Å². The SMILES string of the molecule is CC(C)(C)OC(=O)Nc1[nH][nH]c(=O)c1N=Nc1ccccc1. The predicted octanol–water partition coefficient (Wildman–Crippen LogP) is 3.47. The number of rotatable bonds is 3. The highest BCUT2D eigenvalue weighted by Gasteiger charge is 2.19. The molecule has 1 heterocycles. The first-order chi connectivity index (χ1) is 10.3. The lowest BCUT2D eigenvalue weighted by Gasteiger charge is -2.19. The van der Waals surface area contributed by atoms with Crippen molar-refractivity contribution in [1.29, 1.82) is 0 Å². The lowest BCUT2D eigenvalue weighted by Crippen LogP contribution is -2.27. The molecule has 0 saturated heterocycles. The van der Waals surface area contributed by atoms with Crippen LogP contribution < -0.4 is 10.9 Å². The monoisotopic (exact) mass is 303 g/mol. The Labute approximate surface area is 126 Å². The molecule has 1 aromatic heterocycles. The minimum absolute atomic E-state index is 0.0327. The van der Waals surface area contributed by atoms with Crippen LogP contribution in [0, 0.1) is 0 Å². The molecule has 0 radical (unpaired) electrons. The van der Waals surface area contributed by atoms with Gasteiger partial charge in [0.1, 0.15) is 5.60 Å². The van der Waals surface area contributed by atoms with Gasteiger partial charge in [0.15, 0.2) is 11.5 Å². The van der Waals surface area contributed by atoms with Crippen LogP contribution in [0.1, 0.15) is 20.8 Å². The maximum absolute atomic E-state index is 11.7. The van der Waals surface area contributed by atoms with Crippen molar-refractivity contribution in [3.8, 4) is 0 Å². The summed E-state index contributed by atoms with van der Waals surface area (Å²) in [5, 5.41) is 15.1. The van der Waals surface area contributed by atoms with Crippen molar-refractivity contribution in [3.63, 3.8) is 0 Å². The molecule has 0 aliphatic carbocycles. The second-order valence-corrected chi connectivity index (χ2v) is 5.47. The third-order valence-electron chi connectivity index (χ3n) is 2.40. The molecule has 0 spiro atoms. The number of carbonyl (C=O) groups is 1. The molecule has 8 nitrogen and oxygen atoms in total. The maximum Gasteiger partial charge on any atom is 0.413 e. The molecule has 0 saturated carbocycles. The van der Waals surface area contributed by atoms with Gasteiger partial charge in [-0.1, -0.05) is 18.2 Å². The Bertz CT molecular complexity index is 725. The molecule has 8 heteroatoms. The Balaban J connectivity index is 2.16. The number of anilines is 1. The summed E-state index contributed by atoms with van der Waals surface area (Å²) in [6.45, 7) is 5.22. The molecule has 2 aromatic rings. The molecule has 0 aliphatic heterocycles. The molecule has 0 bridgehead atoms. The number of hydrogen-bond acceptors (Lipinski definition) is 5. The molecular weight excluding hydrogens is 286 g/mol. The van der Waals surface area contributed by atoms with Gasteiger partial charge in [0.2, 0.25) is 0 Å². The summed E-state index contributed by atoms with van der Waals surface area (Å²) in [5.74, 6) is 0.0962. The molecule has 116 valence electrons. The van der Waals surface area contributed by atoms with Crippen LogP contribution in [0.15, 0.2) is 45.4 Å². The Morgan fingerprint density at radius 3 is 2.45 bits per heavy atom. The number of benzene rings is 1. The normalized spacial score (nSPS) is 11.6. The van der Waals surface area contributed by atoms with Gasteiger partial charge in [-0.05, 0) is 32.9 Å². The molecule has 0 atom stereocenters. The van der Waals surface area contributed by atoms with Crippen LogP contribution in [-0.4, -0.2) is 21.9 Å². The molecule has 0 unspecified atom stereocenters. The van der Waals surface area contributed by atoms with Gasteiger partial charge in [-0.3, -0.25) is 20.3 Å². The fourth-order valence-corrected chi connectivity index (χ4v) is 1.55. The number of hydrogen-bond donors (Lipinski definition) is 3. The number of ether oxygens (including phenoxy) is 1. The number of aromatic nitrogens is 2. The molecule has 1 aromatic carbocycles. The molecule has 0 aliphatic rings. The molecule has 0 fully saturated rings. The van der Waals surface area contributed by atoms with E-state index in [2.05, 4.69) is 25.7 Å². The number of H-pyrrole nitrogens is 2. The standard InChI is InChI=1S/C14H17N5O3/c1-14(2,3)22-13(21)15-11-10(12(20)19-18-11)17-16-9-7-5-4-6-8-9/h4-8H,1-3H3,(H3,15,18,19,20,21). The Kier molecular flexibility index (Phi) is 4.40. The fraction of sp³-hybridized carbons (Fsp3) is 0.286. The maximum atomic E-state index is 11.7. The summed E-state index contributed by atoms with van der Waals surface area (Å²) < 4.78 is 5.11. The van der Waals surface area contributed by atoms with Crippen LogP contribution in [0.5, 0.6) is 0 Å². The first kappa shape index (κ1) is 15.5. The van der Waals surface area contributed by atoms with Gasteiger partial charge in [-0.15, -0.1) is 5.11 Å². The van der Waals surface area contributed by atoms with Crippen molar-refractivity contribution >= 4 is 23.3 Å². The average molecular weight is 303 g/mol. The quantitative estimate of drug-likeness (QED) is 0.754. The summed E-state index contributed by atoms with van der Waals surface area (Å²) in [6, 6.07) is 8.93. The summed E-state index contributed by atoms with van der Waals surface area (Å²) in [5.41, 5.74) is -0.585. The van der Waals surface area contributed by atoms with Crippen LogP contribution >= 0.6 is 0 Å². The van der Waals surface area contributed by atoms with E-state index in [4.69, 9.17) is 4.74 Å². The van der Waals surface area contributed by atoms with Crippen molar-refractivity contribution in [2.75, 3.05) is 5.32 Å². The number of amides is 1. The summed E-state index contributed by atoms with van der Waals surface area (Å²) in [7, 11) is 0.